The SMILES string of the molecule is O=c1[nH]c(Cc2ccc(F)cc2)nc2sc3c(c12)CCCS3. The molecule has 112 valence electrons. The lowest BCUT2D eigenvalue weighted by Crippen LogP contribution is -2.13. The van der Waals surface area contributed by atoms with E-state index in [9.17, 15) is 9.18 Å². The molecule has 6 heteroatoms. The Hall–Kier alpha value is -1.66. The first-order chi connectivity index (χ1) is 10.7. The molecule has 22 heavy (non-hydrogen) atoms. The highest BCUT2D eigenvalue weighted by molar-refractivity contribution is 8.01. The molecule has 0 saturated heterocycles. The average Bonchev–Trinajstić information content (AvgIpc) is 2.88. The van der Waals surface area contributed by atoms with E-state index in [1.807, 2.05) is 11.8 Å². The van der Waals surface area contributed by atoms with E-state index in [0.717, 1.165) is 34.4 Å². The van der Waals surface area contributed by atoms with E-state index in [-0.39, 0.29) is 11.4 Å². The Morgan fingerprint density at radius 1 is 1.27 bits per heavy atom. The largest absolute Gasteiger partial charge is 0.310 e. The smallest absolute Gasteiger partial charge is 0.259 e. The number of H-pyrrole nitrogens is 1. The first kappa shape index (κ1) is 14.0. The van der Waals surface area contributed by atoms with Crippen LogP contribution >= 0.6 is 23.1 Å². The second-order valence-corrected chi connectivity index (χ2v) is 7.68. The van der Waals surface area contributed by atoms with Gasteiger partial charge in [-0.15, -0.1) is 23.1 Å². The van der Waals surface area contributed by atoms with Crippen molar-refractivity contribution in [3.63, 3.8) is 0 Å². The van der Waals surface area contributed by atoms with Crippen molar-refractivity contribution in [3.05, 3.63) is 57.4 Å². The van der Waals surface area contributed by atoms with E-state index in [0.29, 0.717) is 12.2 Å². The summed E-state index contributed by atoms with van der Waals surface area (Å²) in [5.74, 6) is 1.48. The minimum Gasteiger partial charge on any atom is -0.310 e. The zero-order valence-corrected chi connectivity index (χ0v) is 13.3. The predicted molar refractivity (Wildman–Crippen MR) is 88.5 cm³/mol. The molecule has 0 radical (unpaired) electrons. The van der Waals surface area contributed by atoms with Crippen molar-refractivity contribution in [1.82, 2.24) is 9.97 Å². The van der Waals surface area contributed by atoms with E-state index in [1.54, 1.807) is 23.5 Å². The van der Waals surface area contributed by atoms with Gasteiger partial charge in [-0.05, 0) is 41.9 Å². The molecule has 1 aliphatic heterocycles. The molecule has 1 aliphatic rings. The fourth-order valence-corrected chi connectivity index (χ4v) is 5.28. The maximum Gasteiger partial charge on any atom is 0.259 e. The third-order valence-electron chi connectivity index (χ3n) is 3.76. The predicted octanol–water partition coefficient (Wildman–Crippen LogP) is 3.75. The molecule has 1 N–H and O–H groups in total. The van der Waals surface area contributed by atoms with Gasteiger partial charge >= 0.3 is 0 Å². The van der Waals surface area contributed by atoms with Gasteiger partial charge in [-0.1, -0.05) is 12.1 Å². The summed E-state index contributed by atoms with van der Waals surface area (Å²) in [6.45, 7) is 0. The summed E-state index contributed by atoms with van der Waals surface area (Å²) in [4.78, 5) is 20.7. The van der Waals surface area contributed by atoms with E-state index >= 15 is 0 Å². The number of aromatic nitrogens is 2. The van der Waals surface area contributed by atoms with Crippen molar-refractivity contribution in [1.29, 1.82) is 0 Å². The Balaban J connectivity index is 1.77. The number of benzene rings is 1. The van der Waals surface area contributed by atoms with Crippen LogP contribution in [0, 0.1) is 5.82 Å². The molecular weight excluding hydrogens is 319 g/mol. The van der Waals surface area contributed by atoms with Gasteiger partial charge in [-0.25, -0.2) is 9.37 Å². The van der Waals surface area contributed by atoms with Crippen LogP contribution in [0.25, 0.3) is 10.2 Å². The van der Waals surface area contributed by atoms with Gasteiger partial charge in [0.05, 0.1) is 9.60 Å². The van der Waals surface area contributed by atoms with Gasteiger partial charge < -0.3 is 4.98 Å². The van der Waals surface area contributed by atoms with Crippen molar-refractivity contribution in [2.24, 2.45) is 0 Å². The van der Waals surface area contributed by atoms with Crippen molar-refractivity contribution in [2.75, 3.05) is 5.75 Å². The lowest BCUT2D eigenvalue weighted by molar-refractivity contribution is 0.627. The summed E-state index contributed by atoms with van der Waals surface area (Å²) < 4.78 is 14.2. The van der Waals surface area contributed by atoms with Crippen LogP contribution in [0.1, 0.15) is 23.4 Å². The molecule has 0 aliphatic carbocycles. The van der Waals surface area contributed by atoms with Gasteiger partial charge in [0.25, 0.3) is 5.56 Å². The topological polar surface area (TPSA) is 45.8 Å². The molecule has 4 rings (SSSR count). The molecule has 3 heterocycles. The van der Waals surface area contributed by atoms with Crippen molar-refractivity contribution < 1.29 is 4.39 Å². The summed E-state index contributed by atoms with van der Waals surface area (Å²) in [6, 6.07) is 6.28. The van der Waals surface area contributed by atoms with Crippen molar-refractivity contribution in [3.8, 4) is 0 Å². The molecule has 0 saturated carbocycles. The molecule has 0 unspecified atom stereocenters. The Morgan fingerprint density at radius 3 is 2.91 bits per heavy atom. The zero-order valence-electron chi connectivity index (χ0n) is 11.7. The van der Waals surface area contributed by atoms with Crippen LogP contribution in [0.3, 0.4) is 0 Å². The van der Waals surface area contributed by atoms with E-state index in [1.165, 1.54) is 21.9 Å². The summed E-state index contributed by atoms with van der Waals surface area (Å²) in [5, 5.41) is 0.759. The molecule has 0 fully saturated rings. The van der Waals surface area contributed by atoms with Crippen LogP contribution in [0.15, 0.2) is 33.3 Å². The maximum atomic E-state index is 13.0. The number of nitrogens with zero attached hydrogens (tertiary/aromatic N) is 1. The third-order valence-corrected chi connectivity index (χ3v) is 6.29. The summed E-state index contributed by atoms with van der Waals surface area (Å²) in [7, 11) is 0. The minimum atomic E-state index is -0.261. The summed E-state index contributed by atoms with van der Waals surface area (Å²) in [6.07, 6.45) is 2.58. The number of hydrogen-bond acceptors (Lipinski definition) is 4. The first-order valence-corrected chi connectivity index (χ1v) is 8.93. The second kappa shape index (κ2) is 5.52. The van der Waals surface area contributed by atoms with Crippen LogP contribution < -0.4 is 5.56 Å². The molecule has 0 amide bonds. The molecule has 0 atom stereocenters. The number of nitrogens with one attached hydrogen (secondary N) is 1. The van der Waals surface area contributed by atoms with Gasteiger partial charge in [-0.2, -0.15) is 0 Å². The summed E-state index contributed by atoms with van der Waals surface area (Å²) >= 11 is 3.43. The Bertz CT molecular complexity index is 899. The summed E-state index contributed by atoms with van der Waals surface area (Å²) in [5.41, 5.74) is 2.04. The number of aryl methyl sites for hydroxylation is 1. The number of fused-ring (bicyclic) bond motifs is 3. The van der Waals surface area contributed by atoms with Crippen molar-refractivity contribution >= 4 is 33.3 Å². The molecular formula is C16H13FN2OS2. The highest BCUT2D eigenvalue weighted by atomic mass is 32.2. The van der Waals surface area contributed by atoms with Crippen LogP contribution in [0.2, 0.25) is 0 Å². The van der Waals surface area contributed by atoms with Crippen LogP contribution in [-0.2, 0) is 12.8 Å². The van der Waals surface area contributed by atoms with Crippen LogP contribution in [0.4, 0.5) is 4.39 Å². The lowest BCUT2D eigenvalue weighted by Gasteiger charge is -2.09. The molecule has 0 bridgehead atoms. The quantitative estimate of drug-likeness (QED) is 0.777. The van der Waals surface area contributed by atoms with Gasteiger partial charge in [0, 0.05) is 6.42 Å². The Labute approximate surface area is 134 Å². The standard InChI is InChI=1S/C16H13FN2OS2/c17-10-5-3-9(4-6-10)8-12-18-14(20)13-11-2-1-7-21-16(11)22-15(13)19-12/h3-6H,1-2,7-8H2,(H,18,19,20). The number of aromatic amines is 1. The first-order valence-electron chi connectivity index (χ1n) is 7.12. The molecule has 0 spiro atoms. The third kappa shape index (κ3) is 2.46. The highest BCUT2D eigenvalue weighted by Gasteiger charge is 2.20. The van der Waals surface area contributed by atoms with Gasteiger partial charge in [0.1, 0.15) is 16.5 Å². The van der Waals surface area contributed by atoms with Gasteiger partial charge in [0.15, 0.2) is 0 Å². The number of halogens is 1. The fourth-order valence-electron chi connectivity index (χ4n) is 2.73. The minimum absolute atomic E-state index is 0.0536. The van der Waals surface area contributed by atoms with Crippen LogP contribution in [-0.4, -0.2) is 15.7 Å². The molecule has 2 aromatic heterocycles. The Kier molecular flexibility index (Phi) is 3.50. The van der Waals surface area contributed by atoms with Gasteiger partial charge in [-0.3, -0.25) is 4.79 Å². The second-order valence-electron chi connectivity index (χ2n) is 5.32. The monoisotopic (exact) mass is 332 g/mol. The highest BCUT2D eigenvalue weighted by Crippen LogP contribution is 2.40. The number of rotatable bonds is 2. The molecule has 3 nitrogen and oxygen atoms in total. The van der Waals surface area contributed by atoms with Crippen molar-refractivity contribution in [2.45, 2.75) is 23.5 Å². The zero-order chi connectivity index (χ0) is 15.1. The van der Waals surface area contributed by atoms with Gasteiger partial charge in [0.2, 0.25) is 0 Å². The average molecular weight is 332 g/mol. The normalized spacial score (nSPS) is 14.2. The number of thioether (sulfide) groups is 1. The maximum absolute atomic E-state index is 13.0. The number of hydrogen-bond donors (Lipinski definition) is 1. The lowest BCUT2D eigenvalue weighted by atomic mass is 10.1. The van der Waals surface area contributed by atoms with E-state index in [4.69, 9.17) is 0 Å². The van der Waals surface area contributed by atoms with Crippen LogP contribution in [0.5, 0.6) is 0 Å². The molecule has 3 aromatic rings. The molecule has 1 aromatic carbocycles. The Morgan fingerprint density at radius 2 is 2.09 bits per heavy atom. The number of thiophene rings is 1. The van der Waals surface area contributed by atoms with E-state index in [2.05, 4.69) is 9.97 Å². The fraction of sp³-hybridized carbons (Fsp3) is 0.250. The van der Waals surface area contributed by atoms with E-state index < -0.39 is 0 Å².